The topological polar surface area (TPSA) is 55.1 Å². The van der Waals surface area contributed by atoms with Crippen molar-refractivity contribution in [2.45, 2.75) is 44.1 Å². The van der Waals surface area contributed by atoms with Gasteiger partial charge in [-0.25, -0.2) is 0 Å². The highest BCUT2D eigenvalue weighted by Crippen LogP contribution is 2.39. The molecule has 1 aliphatic rings. The molecule has 1 amide bonds. The second-order valence-electron chi connectivity index (χ2n) is 5.04. The third kappa shape index (κ3) is 4.84. The molecule has 0 bridgehead atoms. The lowest BCUT2D eigenvalue weighted by Gasteiger charge is -2.27. The minimum Gasteiger partial charge on any atom is -0.355 e. The molecule has 1 saturated carbocycles. The Bertz CT molecular complexity index is 319. The number of hydrogen-bond donors (Lipinski definition) is 2. The van der Waals surface area contributed by atoms with Gasteiger partial charge in [0.05, 0.1) is 0 Å². The average molecular weight is 306 g/mol. The Labute approximate surface area is 111 Å². The molecule has 0 aromatic carbocycles. The number of hydrogen-bond acceptors (Lipinski definition) is 2. The molecule has 1 fully saturated rings. The highest BCUT2D eigenvalue weighted by atomic mass is 19.4. The van der Waals surface area contributed by atoms with E-state index < -0.39 is 24.2 Å². The molecule has 0 aromatic heterocycles. The summed E-state index contributed by atoms with van der Waals surface area (Å²) in [5.41, 5.74) is 5.63. The molecule has 20 heavy (non-hydrogen) atoms. The van der Waals surface area contributed by atoms with E-state index in [1.165, 1.54) is 0 Å². The van der Waals surface area contributed by atoms with E-state index in [9.17, 15) is 31.1 Å². The van der Waals surface area contributed by atoms with E-state index in [1.54, 1.807) is 5.32 Å². The second kappa shape index (κ2) is 6.19. The fraction of sp³-hybridized carbons (Fsp3) is 0.909. The van der Waals surface area contributed by atoms with Gasteiger partial charge < -0.3 is 11.1 Å². The van der Waals surface area contributed by atoms with Crippen molar-refractivity contribution in [3.8, 4) is 0 Å². The van der Waals surface area contributed by atoms with Gasteiger partial charge in [0, 0.05) is 12.6 Å². The maximum Gasteiger partial charge on any atom is 0.409 e. The first-order chi connectivity index (χ1) is 9.01. The molecule has 0 spiro atoms. The predicted molar refractivity (Wildman–Crippen MR) is 58.5 cm³/mol. The Balaban J connectivity index is 2.55. The molecule has 0 saturated heterocycles. The van der Waals surface area contributed by atoms with Crippen LogP contribution in [0.3, 0.4) is 0 Å². The van der Waals surface area contributed by atoms with Crippen LogP contribution in [0.5, 0.6) is 0 Å². The molecule has 0 heterocycles. The Kier molecular flexibility index (Phi) is 5.28. The summed E-state index contributed by atoms with van der Waals surface area (Å²) in [5.74, 6) is -6.14. The summed E-state index contributed by atoms with van der Waals surface area (Å²) in [6.45, 7) is -0.186. The summed E-state index contributed by atoms with van der Waals surface area (Å²) in [4.78, 5) is 11.2. The Morgan fingerprint density at radius 3 is 1.90 bits per heavy atom. The molecule has 3 nitrogen and oxygen atoms in total. The molecule has 0 unspecified atom stereocenters. The van der Waals surface area contributed by atoms with Crippen molar-refractivity contribution in [2.24, 2.45) is 17.6 Å². The van der Waals surface area contributed by atoms with Gasteiger partial charge in [0.1, 0.15) is 0 Å². The quantitative estimate of drug-likeness (QED) is 0.787. The van der Waals surface area contributed by atoms with Crippen LogP contribution in [-0.4, -0.2) is 30.8 Å². The van der Waals surface area contributed by atoms with Crippen LogP contribution in [0, 0.1) is 11.8 Å². The zero-order valence-electron chi connectivity index (χ0n) is 10.5. The third-order valence-corrected chi connectivity index (χ3v) is 3.37. The lowest BCUT2D eigenvalue weighted by atomic mass is 9.86. The van der Waals surface area contributed by atoms with Crippen molar-refractivity contribution in [3.05, 3.63) is 0 Å². The molecule has 0 atom stereocenters. The lowest BCUT2D eigenvalue weighted by Crippen LogP contribution is -2.49. The number of halogens is 6. The van der Waals surface area contributed by atoms with Crippen molar-refractivity contribution >= 4 is 5.91 Å². The Morgan fingerprint density at radius 1 is 1.05 bits per heavy atom. The Morgan fingerprint density at radius 2 is 1.50 bits per heavy atom. The smallest absolute Gasteiger partial charge is 0.355 e. The third-order valence-electron chi connectivity index (χ3n) is 3.37. The van der Waals surface area contributed by atoms with Gasteiger partial charge in [-0.15, -0.1) is 0 Å². The molecule has 0 aliphatic heterocycles. The number of carbonyl (C=O) groups is 1. The molecular formula is C11H16F6N2O. The fourth-order valence-corrected chi connectivity index (χ4v) is 2.22. The van der Waals surface area contributed by atoms with Gasteiger partial charge in [-0.1, -0.05) is 0 Å². The average Bonchev–Trinajstić information content (AvgIpc) is 2.24. The normalized spacial score (nSPS) is 24.8. The lowest BCUT2D eigenvalue weighted by molar-refractivity contribution is -0.274. The van der Waals surface area contributed by atoms with E-state index in [4.69, 9.17) is 5.73 Å². The second-order valence-corrected chi connectivity index (χ2v) is 5.04. The van der Waals surface area contributed by atoms with Crippen molar-refractivity contribution in [1.29, 1.82) is 0 Å². The van der Waals surface area contributed by atoms with Crippen molar-refractivity contribution in [1.82, 2.24) is 5.32 Å². The van der Waals surface area contributed by atoms with E-state index >= 15 is 0 Å². The zero-order valence-corrected chi connectivity index (χ0v) is 10.5. The molecule has 0 radical (unpaired) electrons. The predicted octanol–water partition coefficient (Wildman–Crippen LogP) is 2.36. The number of nitrogens with one attached hydrogen (secondary N) is 1. The van der Waals surface area contributed by atoms with E-state index in [1.807, 2.05) is 0 Å². The minimum absolute atomic E-state index is 0.0139. The van der Waals surface area contributed by atoms with Crippen molar-refractivity contribution in [3.63, 3.8) is 0 Å². The zero-order chi connectivity index (χ0) is 15.6. The number of carbonyl (C=O) groups excluding carboxylic acids is 1. The van der Waals surface area contributed by atoms with E-state index in [2.05, 4.69) is 0 Å². The van der Waals surface area contributed by atoms with Crippen LogP contribution in [0.15, 0.2) is 0 Å². The van der Waals surface area contributed by atoms with Crippen LogP contribution in [0.4, 0.5) is 26.3 Å². The first-order valence-electron chi connectivity index (χ1n) is 6.18. The van der Waals surface area contributed by atoms with Crippen LogP contribution in [0.1, 0.15) is 25.7 Å². The molecule has 0 aromatic rings. The summed E-state index contributed by atoms with van der Waals surface area (Å²) in [7, 11) is 0. The highest BCUT2D eigenvalue weighted by Gasteiger charge is 2.61. The van der Waals surface area contributed by atoms with Gasteiger partial charge in [0.25, 0.3) is 0 Å². The molecule has 3 N–H and O–H groups in total. The van der Waals surface area contributed by atoms with Gasteiger partial charge >= 0.3 is 12.4 Å². The van der Waals surface area contributed by atoms with Crippen molar-refractivity contribution < 1.29 is 31.1 Å². The largest absolute Gasteiger partial charge is 0.409 e. The summed E-state index contributed by atoms with van der Waals surface area (Å²) >= 11 is 0. The van der Waals surface area contributed by atoms with Gasteiger partial charge in [0.2, 0.25) is 11.8 Å². The minimum atomic E-state index is -5.64. The van der Waals surface area contributed by atoms with E-state index in [-0.39, 0.29) is 18.5 Å². The first kappa shape index (κ1) is 17.1. The molecule has 1 rings (SSSR count). The summed E-state index contributed by atoms with van der Waals surface area (Å²) in [6.07, 6.45) is -8.80. The molecule has 118 valence electrons. The molecule has 9 heteroatoms. The summed E-state index contributed by atoms with van der Waals surface area (Å²) < 4.78 is 73.7. The Hall–Kier alpha value is -0.990. The summed E-state index contributed by atoms with van der Waals surface area (Å²) in [6, 6.07) is 0.0139. The first-order valence-corrected chi connectivity index (χ1v) is 6.18. The van der Waals surface area contributed by atoms with Gasteiger partial charge in [-0.2, -0.15) is 26.3 Å². The van der Waals surface area contributed by atoms with Crippen molar-refractivity contribution in [2.75, 3.05) is 6.54 Å². The fourth-order valence-electron chi connectivity index (χ4n) is 2.22. The van der Waals surface area contributed by atoms with Crippen LogP contribution < -0.4 is 11.1 Å². The highest BCUT2D eigenvalue weighted by molar-refractivity contribution is 5.80. The van der Waals surface area contributed by atoms with Crippen LogP contribution in [0.2, 0.25) is 0 Å². The van der Waals surface area contributed by atoms with Gasteiger partial charge in [-0.3, -0.25) is 4.79 Å². The maximum atomic E-state index is 12.3. The standard InChI is InChI=1S/C11H16F6N2O/c12-10(13,14)8(11(15,16)17)9(20)19-5-6-1-3-7(18)4-2-6/h6-8H,1-5,18H2,(H,19,20). The van der Waals surface area contributed by atoms with Crippen LogP contribution >= 0.6 is 0 Å². The number of rotatable bonds is 3. The van der Waals surface area contributed by atoms with Gasteiger partial charge in [0.15, 0.2) is 0 Å². The molecular weight excluding hydrogens is 290 g/mol. The van der Waals surface area contributed by atoms with E-state index in [0.717, 1.165) is 0 Å². The monoisotopic (exact) mass is 306 g/mol. The SMILES string of the molecule is NC1CCC(CNC(=O)C(C(F)(F)F)C(F)(F)F)CC1. The summed E-state index contributed by atoms with van der Waals surface area (Å²) in [5, 5.41) is 1.76. The number of nitrogens with two attached hydrogens (primary N) is 1. The number of alkyl halides is 6. The number of amides is 1. The van der Waals surface area contributed by atoms with Crippen LogP contribution in [-0.2, 0) is 4.79 Å². The maximum absolute atomic E-state index is 12.3. The molecule has 1 aliphatic carbocycles. The van der Waals surface area contributed by atoms with Gasteiger partial charge in [-0.05, 0) is 31.6 Å². The van der Waals surface area contributed by atoms with E-state index in [0.29, 0.717) is 25.7 Å². The van der Waals surface area contributed by atoms with Crippen LogP contribution in [0.25, 0.3) is 0 Å².